The second-order valence-corrected chi connectivity index (χ2v) is 7.18. The average molecular weight is 366 g/mol. The van der Waals surface area contributed by atoms with Gasteiger partial charge in [0.05, 0.1) is 23.1 Å². The van der Waals surface area contributed by atoms with Gasteiger partial charge in [0.25, 0.3) is 5.69 Å². The lowest BCUT2D eigenvalue weighted by molar-refractivity contribution is -0.384. The molecule has 140 valence electrons. The first-order valence-corrected chi connectivity index (χ1v) is 9.35. The number of hydrogen-bond acceptors (Lipinski definition) is 5. The largest absolute Gasteiger partial charge is 0.368 e. The van der Waals surface area contributed by atoms with Crippen molar-refractivity contribution >= 4 is 17.3 Å². The predicted molar refractivity (Wildman–Crippen MR) is 101 cm³/mol. The lowest BCUT2D eigenvalue weighted by Gasteiger charge is -2.45. The molecule has 0 radical (unpaired) electrons. The Kier molecular flexibility index (Phi) is 4.75. The average Bonchev–Trinajstić information content (AvgIpc) is 2.71. The number of nitro benzene ring substituents is 1. The number of carbonyl (C=O) groups is 1. The second kappa shape index (κ2) is 7.34. The number of nitrogens with zero attached hydrogens (tertiary/aromatic N) is 3. The molecule has 3 heterocycles. The molecule has 1 saturated heterocycles. The van der Waals surface area contributed by atoms with E-state index < -0.39 is 0 Å². The molecule has 0 saturated carbocycles. The Morgan fingerprint density at radius 2 is 2.19 bits per heavy atom. The van der Waals surface area contributed by atoms with Crippen LogP contribution in [0.15, 0.2) is 42.6 Å². The number of non-ortho nitro benzene ring substituents is 1. The molecule has 0 spiro atoms. The molecule has 7 nitrogen and oxygen atoms in total. The number of fused-ring (bicyclic) bond motifs is 3. The SMILES string of the molecule is O=C(NCc1ccccn1)[C@@H]1Cc2cc([N+](=O)[O-])ccc2N2CCCC[C@@H]12. The molecule has 1 fully saturated rings. The summed E-state index contributed by atoms with van der Waals surface area (Å²) in [6.07, 6.45) is 5.40. The summed E-state index contributed by atoms with van der Waals surface area (Å²) in [5.74, 6) is -0.210. The van der Waals surface area contributed by atoms with Gasteiger partial charge in [0.2, 0.25) is 5.91 Å². The minimum atomic E-state index is -0.376. The van der Waals surface area contributed by atoms with Crippen molar-refractivity contribution in [1.29, 1.82) is 0 Å². The standard InChI is InChI=1S/C20H22N4O3/c25-20(22-13-15-5-1-3-9-21-15)17-12-14-11-16(24(26)27)7-8-18(14)23-10-4-2-6-19(17)23/h1,3,5,7-9,11,17,19H,2,4,6,10,12-13H2,(H,22,25)/t17-,19+/m1/s1. The molecule has 1 amide bonds. The van der Waals surface area contributed by atoms with Crippen LogP contribution in [-0.4, -0.2) is 28.4 Å². The van der Waals surface area contributed by atoms with Crippen LogP contribution in [0, 0.1) is 16.0 Å². The highest BCUT2D eigenvalue weighted by Crippen LogP contribution is 2.39. The summed E-state index contributed by atoms with van der Waals surface area (Å²) in [5.41, 5.74) is 2.83. The van der Waals surface area contributed by atoms with E-state index in [2.05, 4.69) is 15.2 Å². The summed E-state index contributed by atoms with van der Waals surface area (Å²) >= 11 is 0. The van der Waals surface area contributed by atoms with Gasteiger partial charge in [0, 0.05) is 36.6 Å². The monoisotopic (exact) mass is 366 g/mol. The van der Waals surface area contributed by atoms with Crippen molar-refractivity contribution in [1.82, 2.24) is 10.3 Å². The lowest BCUT2D eigenvalue weighted by Crippen LogP contribution is -2.53. The topological polar surface area (TPSA) is 88.4 Å². The number of pyridine rings is 1. The van der Waals surface area contributed by atoms with Crippen molar-refractivity contribution in [3.05, 3.63) is 64.0 Å². The van der Waals surface area contributed by atoms with E-state index in [0.717, 1.165) is 42.8 Å². The van der Waals surface area contributed by atoms with E-state index in [0.29, 0.717) is 13.0 Å². The molecule has 0 aliphatic carbocycles. The van der Waals surface area contributed by atoms with Crippen LogP contribution in [0.3, 0.4) is 0 Å². The molecule has 7 heteroatoms. The summed E-state index contributed by atoms with van der Waals surface area (Å²) < 4.78 is 0. The molecule has 2 aromatic rings. The van der Waals surface area contributed by atoms with Crippen molar-refractivity contribution in [2.75, 3.05) is 11.4 Å². The van der Waals surface area contributed by atoms with Crippen LogP contribution in [0.2, 0.25) is 0 Å². The van der Waals surface area contributed by atoms with Gasteiger partial charge in [-0.15, -0.1) is 0 Å². The fourth-order valence-corrected chi connectivity index (χ4v) is 4.26. The summed E-state index contributed by atoms with van der Waals surface area (Å²) in [5, 5.41) is 14.2. The summed E-state index contributed by atoms with van der Waals surface area (Å²) in [6, 6.07) is 10.8. The van der Waals surface area contributed by atoms with E-state index in [9.17, 15) is 14.9 Å². The Hall–Kier alpha value is -2.96. The Bertz CT molecular complexity index is 856. The minimum Gasteiger partial charge on any atom is -0.368 e. The third-order valence-corrected chi connectivity index (χ3v) is 5.54. The maximum absolute atomic E-state index is 13.0. The van der Waals surface area contributed by atoms with E-state index in [1.807, 2.05) is 24.3 Å². The Labute approximate surface area is 157 Å². The molecule has 1 aromatic heterocycles. The number of amides is 1. The first-order valence-electron chi connectivity index (χ1n) is 9.35. The molecule has 2 aliphatic rings. The zero-order chi connectivity index (χ0) is 18.8. The maximum atomic E-state index is 13.0. The highest BCUT2D eigenvalue weighted by Gasteiger charge is 2.39. The van der Waals surface area contributed by atoms with Crippen LogP contribution in [-0.2, 0) is 17.8 Å². The van der Waals surface area contributed by atoms with Crippen molar-refractivity contribution < 1.29 is 9.72 Å². The molecule has 0 unspecified atom stereocenters. The number of benzene rings is 1. The second-order valence-electron chi connectivity index (χ2n) is 7.18. The molecule has 2 aliphatic heterocycles. The van der Waals surface area contributed by atoms with Gasteiger partial charge in [-0.1, -0.05) is 6.07 Å². The van der Waals surface area contributed by atoms with Crippen LogP contribution in [0.5, 0.6) is 0 Å². The van der Waals surface area contributed by atoms with Gasteiger partial charge < -0.3 is 10.2 Å². The molecule has 2 atom stereocenters. The first-order chi connectivity index (χ1) is 13.1. The van der Waals surface area contributed by atoms with E-state index in [4.69, 9.17) is 0 Å². The number of rotatable bonds is 4. The van der Waals surface area contributed by atoms with Gasteiger partial charge in [-0.3, -0.25) is 19.9 Å². The zero-order valence-corrected chi connectivity index (χ0v) is 15.0. The van der Waals surface area contributed by atoms with E-state index in [1.165, 1.54) is 0 Å². The fourth-order valence-electron chi connectivity index (χ4n) is 4.26. The Morgan fingerprint density at radius 1 is 1.30 bits per heavy atom. The first kappa shape index (κ1) is 17.5. The summed E-state index contributed by atoms with van der Waals surface area (Å²) in [6.45, 7) is 1.28. The molecule has 27 heavy (non-hydrogen) atoms. The predicted octanol–water partition coefficient (Wildman–Crippen LogP) is 2.84. The number of piperidine rings is 1. The quantitative estimate of drug-likeness (QED) is 0.664. The number of nitrogens with one attached hydrogen (secondary N) is 1. The number of hydrogen-bond donors (Lipinski definition) is 1. The summed E-state index contributed by atoms with van der Waals surface area (Å²) in [7, 11) is 0. The van der Waals surface area contributed by atoms with Crippen LogP contribution in [0.25, 0.3) is 0 Å². The van der Waals surface area contributed by atoms with Gasteiger partial charge in [0.1, 0.15) is 0 Å². The zero-order valence-electron chi connectivity index (χ0n) is 15.0. The Morgan fingerprint density at radius 3 is 2.96 bits per heavy atom. The molecule has 1 aromatic carbocycles. The number of aromatic nitrogens is 1. The van der Waals surface area contributed by atoms with Crippen molar-refractivity contribution in [2.24, 2.45) is 5.92 Å². The number of nitro groups is 1. The van der Waals surface area contributed by atoms with Crippen LogP contribution in [0.1, 0.15) is 30.5 Å². The van der Waals surface area contributed by atoms with E-state index in [-0.39, 0.29) is 28.5 Å². The van der Waals surface area contributed by atoms with Gasteiger partial charge in [-0.25, -0.2) is 0 Å². The molecule has 4 rings (SSSR count). The third-order valence-electron chi connectivity index (χ3n) is 5.54. The van der Waals surface area contributed by atoms with Crippen LogP contribution >= 0.6 is 0 Å². The fraction of sp³-hybridized carbons (Fsp3) is 0.400. The molecular weight excluding hydrogens is 344 g/mol. The smallest absolute Gasteiger partial charge is 0.269 e. The normalized spacial score (nSPS) is 21.1. The number of carbonyl (C=O) groups excluding carboxylic acids is 1. The highest BCUT2D eigenvalue weighted by molar-refractivity contribution is 5.82. The molecule has 1 N–H and O–H groups in total. The van der Waals surface area contributed by atoms with Gasteiger partial charge >= 0.3 is 0 Å². The maximum Gasteiger partial charge on any atom is 0.269 e. The third kappa shape index (κ3) is 3.49. The lowest BCUT2D eigenvalue weighted by atomic mass is 9.80. The van der Waals surface area contributed by atoms with Crippen molar-refractivity contribution in [2.45, 2.75) is 38.3 Å². The van der Waals surface area contributed by atoms with E-state index >= 15 is 0 Å². The molecule has 0 bridgehead atoms. The van der Waals surface area contributed by atoms with Gasteiger partial charge in [-0.2, -0.15) is 0 Å². The summed E-state index contributed by atoms with van der Waals surface area (Å²) in [4.78, 5) is 30.2. The van der Waals surface area contributed by atoms with E-state index in [1.54, 1.807) is 18.3 Å². The van der Waals surface area contributed by atoms with Crippen molar-refractivity contribution in [3.8, 4) is 0 Å². The van der Waals surface area contributed by atoms with Crippen LogP contribution < -0.4 is 10.2 Å². The molecular formula is C20H22N4O3. The van der Waals surface area contributed by atoms with Gasteiger partial charge in [0.15, 0.2) is 0 Å². The van der Waals surface area contributed by atoms with Crippen molar-refractivity contribution in [3.63, 3.8) is 0 Å². The Balaban J connectivity index is 1.57. The van der Waals surface area contributed by atoms with Gasteiger partial charge in [-0.05, 0) is 49.4 Å². The highest BCUT2D eigenvalue weighted by atomic mass is 16.6. The number of anilines is 1. The van der Waals surface area contributed by atoms with Crippen LogP contribution in [0.4, 0.5) is 11.4 Å². The minimum absolute atomic E-state index is 0.00490.